The Bertz CT molecular complexity index is 2860. The van der Waals surface area contributed by atoms with Crippen LogP contribution in [0.5, 0.6) is 5.75 Å². The van der Waals surface area contributed by atoms with Gasteiger partial charge in [-0.3, -0.25) is 0 Å². The minimum Gasteiger partial charge on any atom is -0.460 e. The number of furan rings is 1. The van der Waals surface area contributed by atoms with Crippen LogP contribution in [0.2, 0.25) is 0 Å². The summed E-state index contributed by atoms with van der Waals surface area (Å²) in [5.74, 6) is 2.24. The molecule has 0 saturated carbocycles. The summed E-state index contributed by atoms with van der Waals surface area (Å²) in [5, 5.41) is 7.21. The molecule has 0 spiro atoms. The van der Waals surface area contributed by atoms with E-state index in [1.807, 2.05) is 0 Å². The highest BCUT2D eigenvalue weighted by molar-refractivity contribution is 6.10. The summed E-state index contributed by atoms with van der Waals surface area (Å²) in [7, 11) is 0. The molecule has 11 rings (SSSR count). The molecule has 2 aliphatic rings. The molecule has 4 heteroatoms. The topological polar surface area (TPSA) is 32.2 Å². The lowest BCUT2D eigenvalue weighted by Gasteiger charge is -2.23. The maximum atomic E-state index is 6.87. The van der Waals surface area contributed by atoms with Gasteiger partial charge in [0.2, 0.25) is 0 Å². The van der Waals surface area contributed by atoms with Crippen molar-refractivity contribution in [2.24, 2.45) is 5.92 Å². The van der Waals surface area contributed by atoms with Gasteiger partial charge in [0.05, 0.1) is 33.2 Å². The Hall–Kier alpha value is -6.00. The zero-order valence-corrected chi connectivity index (χ0v) is 26.6. The third kappa shape index (κ3) is 3.29. The molecule has 9 aromatic rings. The maximum absolute atomic E-state index is 6.87. The van der Waals surface area contributed by atoms with Crippen LogP contribution in [0, 0.1) is 5.92 Å². The van der Waals surface area contributed by atoms with Crippen LogP contribution in [0.3, 0.4) is 0 Å². The average molecular weight is 619 g/mol. The number of rotatable bonds is 2. The summed E-state index contributed by atoms with van der Waals surface area (Å²) in [6.07, 6.45) is 0. The minimum absolute atomic E-state index is 0.0956. The molecular formula is C44H30N2O2. The highest BCUT2D eigenvalue weighted by atomic mass is 16.5. The summed E-state index contributed by atoms with van der Waals surface area (Å²) in [5.41, 5.74) is 11.4. The first-order valence-corrected chi connectivity index (χ1v) is 16.7. The van der Waals surface area contributed by atoms with Gasteiger partial charge in [-0.05, 0) is 79.1 Å². The van der Waals surface area contributed by atoms with E-state index in [2.05, 4.69) is 156 Å². The van der Waals surface area contributed by atoms with Gasteiger partial charge in [0, 0.05) is 43.9 Å². The number of benzene rings is 6. The molecule has 2 atom stereocenters. The summed E-state index contributed by atoms with van der Waals surface area (Å²) in [6.45, 7) is 4.54. The summed E-state index contributed by atoms with van der Waals surface area (Å²) in [6, 6.07) is 48.0. The van der Waals surface area contributed by atoms with Crippen molar-refractivity contribution < 1.29 is 9.15 Å². The second kappa shape index (κ2) is 9.30. The number of aromatic nitrogens is 2. The first-order chi connectivity index (χ1) is 23.7. The fraction of sp³-hybridized carbons (Fsp3) is 0.0909. The van der Waals surface area contributed by atoms with Gasteiger partial charge < -0.3 is 18.3 Å². The summed E-state index contributed by atoms with van der Waals surface area (Å²) >= 11 is 0. The summed E-state index contributed by atoms with van der Waals surface area (Å²) in [4.78, 5) is 0. The fourth-order valence-corrected chi connectivity index (χ4v) is 8.64. The smallest absolute Gasteiger partial charge is 0.138 e. The molecule has 0 N–H and O–H groups in total. The van der Waals surface area contributed by atoms with Crippen molar-refractivity contribution in [3.8, 4) is 17.1 Å². The Kier molecular flexibility index (Phi) is 5.06. The van der Waals surface area contributed by atoms with Crippen LogP contribution in [-0.4, -0.2) is 9.13 Å². The van der Waals surface area contributed by atoms with Gasteiger partial charge in [0.1, 0.15) is 22.5 Å². The Morgan fingerprint density at radius 2 is 1.04 bits per heavy atom. The van der Waals surface area contributed by atoms with E-state index in [4.69, 9.17) is 9.15 Å². The molecule has 4 heterocycles. The van der Waals surface area contributed by atoms with Gasteiger partial charge in [-0.25, -0.2) is 0 Å². The first kappa shape index (κ1) is 26.1. The van der Waals surface area contributed by atoms with Crippen molar-refractivity contribution in [2.75, 3.05) is 0 Å². The third-order valence-electron chi connectivity index (χ3n) is 11.0. The fourth-order valence-electron chi connectivity index (χ4n) is 8.64. The van der Waals surface area contributed by atoms with Crippen molar-refractivity contribution >= 4 is 65.9 Å². The molecule has 3 aromatic heterocycles. The van der Waals surface area contributed by atoms with Crippen LogP contribution in [-0.2, 0) is 0 Å². The normalized spacial score (nSPS) is 17.0. The molecular weight excluding hydrogens is 588 g/mol. The van der Waals surface area contributed by atoms with E-state index >= 15 is 0 Å². The van der Waals surface area contributed by atoms with E-state index in [9.17, 15) is 0 Å². The van der Waals surface area contributed by atoms with Gasteiger partial charge in [-0.1, -0.05) is 79.7 Å². The highest BCUT2D eigenvalue weighted by Crippen LogP contribution is 2.49. The molecule has 0 amide bonds. The summed E-state index contributed by atoms with van der Waals surface area (Å²) < 4.78 is 18.3. The van der Waals surface area contributed by atoms with Crippen LogP contribution < -0.4 is 15.4 Å². The molecule has 0 bridgehead atoms. The lowest BCUT2D eigenvalue weighted by molar-refractivity contribution is 0.476. The minimum atomic E-state index is 0.0956. The van der Waals surface area contributed by atoms with Crippen molar-refractivity contribution in [1.29, 1.82) is 0 Å². The largest absolute Gasteiger partial charge is 0.460 e. The van der Waals surface area contributed by atoms with E-state index in [1.54, 1.807) is 0 Å². The van der Waals surface area contributed by atoms with Crippen molar-refractivity contribution in [1.82, 2.24) is 9.13 Å². The average Bonchev–Trinajstić information content (AvgIpc) is 3.88. The number of hydrogen-bond acceptors (Lipinski definition) is 2. The zero-order valence-electron chi connectivity index (χ0n) is 26.6. The van der Waals surface area contributed by atoms with E-state index < -0.39 is 0 Å². The molecule has 1 aliphatic carbocycles. The van der Waals surface area contributed by atoms with E-state index in [-0.39, 0.29) is 11.8 Å². The standard InChI is InChI=1S/C44H30N2O2/c1-25-26(2)43-42(34-24-28(20-22-40(34)47-43)46-37-17-9-5-13-31(37)32-14-6-10-18-38(32)46)44-41(25)33-23-27(19-21-39(33)48-44)45-35-15-7-3-11-29(35)30-12-4-8-16-36(30)45/h3-25,41H,1-2H3. The van der Waals surface area contributed by atoms with E-state index in [1.165, 1.54) is 54.7 Å². The van der Waals surface area contributed by atoms with Gasteiger partial charge >= 0.3 is 0 Å². The van der Waals surface area contributed by atoms with Crippen molar-refractivity contribution in [2.45, 2.75) is 19.8 Å². The molecule has 0 fully saturated rings. The molecule has 2 unspecified atom stereocenters. The number of ether oxygens (including phenoxy) is 1. The Labute approximate surface area is 276 Å². The predicted octanol–water partition coefficient (Wildman–Crippen LogP) is 9.73. The molecule has 48 heavy (non-hydrogen) atoms. The second-order valence-corrected chi connectivity index (χ2v) is 13.4. The Morgan fingerprint density at radius 3 is 1.60 bits per heavy atom. The lowest BCUT2D eigenvalue weighted by atomic mass is 9.79. The highest BCUT2D eigenvalue weighted by Gasteiger charge is 2.39. The van der Waals surface area contributed by atoms with E-state index in [0.717, 1.165) is 44.5 Å². The Balaban J connectivity index is 1.15. The monoisotopic (exact) mass is 618 g/mol. The van der Waals surface area contributed by atoms with E-state index in [0.29, 0.717) is 0 Å². The van der Waals surface area contributed by atoms with Crippen molar-refractivity contribution in [3.63, 3.8) is 0 Å². The number of para-hydroxylation sites is 4. The van der Waals surface area contributed by atoms with Crippen LogP contribution in [0.25, 0.3) is 77.3 Å². The second-order valence-electron chi connectivity index (χ2n) is 13.4. The number of nitrogens with zero attached hydrogens (tertiary/aromatic N) is 2. The lowest BCUT2D eigenvalue weighted by Crippen LogP contribution is -2.35. The predicted molar refractivity (Wildman–Crippen MR) is 196 cm³/mol. The maximum Gasteiger partial charge on any atom is 0.138 e. The molecule has 4 nitrogen and oxygen atoms in total. The van der Waals surface area contributed by atoms with Gasteiger partial charge in [0.15, 0.2) is 0 Å². The van der Waals surface area contributed by atoms with Crippen LogP contribution in [0.1, 0.15) is 25.3 Å². The van der Waals surface area contributed by atoms with Crippen LogP contribution in [0.15, 0.2) is 138 Å². The first-order valence-electron chi connectivity index (χ1n) is 16.7. The SMILES string of the molecule is CC1=c2oc3ccc(-n4c5ccccc5c5ccccc54)cc3c2=C2Oc3ccc(-n4c5ccccc5c5ccccc54)cc3C2C1C. The molecule has 1 aliphatic heterocycles. The molecule has 0 saturated heterocycles. The van der Waals surface area contributed by atoms with Crippen LogP contribution in [0.4, 0.5) is 0 Å². The number of fused-ring (bicyclic) bond motifs is 12. The van der Waals surface area contributed by atoms with Crippen molar-refractivity contribution in [3.05, 3.63) is 150 Å². The Morgan fingerprint density at radius 1 is 0.542 bits per heavy atom. The van der Waals surface area contributed by atoms with Gasteiger partial charge in [0.25, 0.3) is 0 Å². The number of hydrogen-bond donors (Lipinski definition) is 0. The molecule has 0 radical (unpaired) electrons. The van der Waals surface area contributed by atoms with Crippen LogP contribution >= 0.6 is 0 Å². The van der Waals surface area contributed by atoms with Gasteiger partial charge in [-0.15, -0.1) is 0 Å². The third-order valence-corrected chi connectivity index (χ3v) is 11.0. The molecule has 6 aromatic carbocycles. The molecule has 228 valence electrons. The van der Waals surface area contributed by atoms with Gasteiger partial charge in [-0.2, -0.15) is 0 Å². The quantitative estimate of drug-likeness (QED) is 0.193. The zero-order chi connectivity index (χ0) is 31.7.